The van der Waals surface area contributed by atoms with Crippen LogP contribution < -0.4 is 5.32 Å². The second kappa shape index (κ2) is 7.24. The van der Waals surface area contributed by atoms with E-state index < -0.39 is 0 Å². The van der Waals surface area contributed by atoms with Gasteiger partial charge in [-0.3, -0.25) is 14.4 Å². The van der Waals surface area contributed by atoms with Crippen LogP contribution >= 0.6 is 0 Å². The molecule has 1 aliphatic heterocycles. The Bertz CT molecular complexity index is 954. The molecule has 1 aliphatic carbocycles. The third-order valence-corrected chi connectivity index (χ3v) is 5.31. The molecule has 0 spiro atoms. The SMILES string of the molecule is O=C(NC1CN(Cc2cnn(Cc3ccccc3)c2)C1)c1cc(C2CC2)on1. The molecule has 0 radical (unpaired) electrons. The smallest absolute Gasteiger partial charge is 0.273 e. The standard InChI is InChI=1S/C21H23N5O2/c27-21(19-8-20(28-24-19)17-6-7-17)23-18-13-25(14-18)10-16-9-22-26(12-16)11-15-4-2-1-3-5-15/h1-5,8-9,12,17-18H,6-7,10-11,13-14H2,(H,23,27). The Morgan fingerprint density at radius 3 is 2.75 bits per heavy atom. The number of carbonyl (C=O) groups is 1. The van der Waals surface area contributed by atoms with Crippen LogP contribution in [0.4, 0.5) is 0 Å². The van der Waals surface area contributed by atoms with Crippen molar-refractivity contribution in [3.05, 3.63) is 71.4 Å². The molecule has 1 aromatic carbocycles. The normalized spacial score (nSPS) is 17.4. The van der Waals surface area contributed by atoms with Crippen molar-refractivity contribution in [2.45, 2.75) is 37.9 Å². The third kappa shape index (κ3) is 3.84. The molecule has 1 N–H and O–H groups in total. The van der Waals surface area contributed by atoms with Gasteiger partial charge < -0.3 is 9.84 Å². The fourth-order valence-electron chi connectivity index (χ4n) is 3.61. The molecule has 0 atom stereocenters. The van der Waals surface area contributed by atoms with Gasteiger partial charge in [-0.05, 0) is 18.4 Å². The van der Waals surface area contributed by atoms with Crippen LogP contribution in [-0.4, -0.2) is 44.9 Å². The Morgan fingerprint density at radius 1 is 1.14 bits per heavy atom. The van der Waals surface area contributed by atoms with Crippen LogP contribution in [0.5, 0.6) is 0 Å². The lowest BCUT2D eigenvalue weighted by Crippen LogP contribution is -2.58. The van der Waals surface area contributed by atoms with E-state index in [9.17, 15) is 4.79 Å². The summed E-state index contributed by atoms with van der Waals surface area (Å²) in [5, 5.41) is 11.4. The first-order valence-corrected chi connectivity index (χ1v) is 9.78. The summed E-state index contributed by atoms with van der Waals surface area (Å²) in [4.78, 5) is 14.6. The largest absolute Gasteiger partial charge is 0.360 e. The highest BCUT2D eigenvalue weighted by molar-refractivity contribution is 5.92. The van der Waals surface area contributed by atoms with Gasteiger partial charge in [0.1, 0.15) is 5.76 Å². The summed E-state index contributed by atoms with van der Waals surface area (Å²) >= 11 is 0. The Morgan fingerprint density at radius 2 is 1.96 bits per heavy atom. The molecule has 7 nitrogen and oxygen atoms in total. The second-order valence-corrected chi connectivity index (χ2v) is 7.79. The summed E-state index contributed by atoms with van der Waals surface area (Å²) in [6, 6.07) is 12.3. The van der Waals surface area contributed by atoms with Crippen LogP contribution in [0.3, 0.4) is 0 Å². The third-order valence-electron chi connectivity index (χ3n) is 5.31. The number of hydrogen-bond donors (Lipinski definition) is 1. The number of amides is 1. The monoisotopic (exact) mass is 377 g/mol. The first kappa shape index (κ1) is 17.2. The van der Waals surface area contributed by atoms with Gasteiger partial charge in [0.25, 0.3) is 5.91 Å². The molecule has 7 heteroatoms. The number of carbonyl (C=O) groups excluding carboxylic acids is 1. The molecule has 28 heavy (non-hydrogen) atoms. The first-order chi connectivity index (χ1) is 13.7. The van der Waals surface area contributed by atoms with Gasteiger partial charge in [0.15, 0.2) is 5.69 Å². The van der Waals surface area contributed by atoms with E-state index in [1.165, 1.54) is 11.1 Å². The Kier molecular flexibility index (Phi) is 4.44. The summed E-state index contributed by atoms with van der Waals surface area (Å²) < 4.78 is 7.22. The van der Waals surface area contributed by atoms with E-state index in [2.05, 4.69) is 38.8 Å². The van der Waals surface area contributed by atoms with Crippen molar-refractivity contribution in [1.29, 1.82) is 0 Å². The van der Waals surface area contributed by atoms with Crippen molar-refractivity contribution in [1.82, 2.24) is 25.2 Å². The summed E-state index contributed by atoms with van der Waals surface area (Å²) in [7, 11) is 0. The van der Waals surface area contributed by atoms with E-state index in [0.29, 0.717) is 11.6 Å². The number of nitrogens with zero attached hydrogens (tertiary/aromatic N) is 4. The topological polar surface area (TPSA) is 76.2 Å². The fraction of sp³-hybridized carbons (Fsp3) is 0.381. The highest BCUT2D eigenvalue weighted by Gasteiger charge is 2.31. The lowest BCUT2D eigenvalue weighted by molar-refractivity contribution is 0.0787. The summed E-state index contributed by atoms with van der Waals surface area (Å²) in [6.07, 6.45) is 6.28. The lowest BCUT2D eigenvalue weighted by Gasteiger charge is -2.39. The molecule has 144 valence electrons. The molecule has 2 fully saturated rings. The number of nitrogens with one attached hydrogen (secondary N) is 1. The van der Waals surface area contributed by atoms with Crippen LogP contribution in [0, 0.1) is 0 Å². The van der Waals surface area contributed by atoms with Gasteiger partial charge in [-0.25, -0.2) is 0 Å². The molecule has 3 aromatic rings. The van der Waals surface area contributed by atoms with Gasteiger partial charge in [0.05, 0.1) is 18.8 Å². The number of benzene rings is 1. The minimum absolute atomic E-state index is 0.143. The Hall–Kier alpha value is -2.93. The van der Waals surface area contributed by atoms with Crippen LogP contribution in [0.25, 0.3) is 0 Å². The fourth-order valence-corrected chi connectivity index (χ4v) is 3.61. The van der Waals surface area contributed by atoms with E-state index >= 15 is 0 Å². The number of hydrogen-bond acceptors (Lipinski definition) is 5. The second-order valence-electron chi connectivity index (χ2n) is 7.79. The van der Waals surface area contributed by atoms with E-state index in [-0.39, 0.29) is 11.9 Å². The van der Waals surface area contributed by atoms with E-state index in [1.807, 2.05) is 29.1 Å². The van der Waals surface area contributed by atoms with Crippen molar-refractivity contribution in [3.8, 4) is 0 Å². The maximum atomic E-state index is 12.3. The summed E-state index contributed by atoms with van der Waals surface area (Å²) in [6.45, 7) is 3.29. The zero-order valence-corrected chi connectivity index (χ0v) is 15.6. The van der Waals surface area contributed by atoms with Gasteiger partial charge in [-0.2, -0.15) is 5.10 Å². The van der Waals surface area contributed by atoms with Crippen molar-refractivity contribution in [3.63, 3.8) is 0 Å². The summed E-state index contributed by atoms with van der Waals surface area (Å²) in [5.41, 5.74) is 2.82. The molecular formula is C21H23N5O2. The minimum atomic E-state index is -0.143. The van der Waals surface area contributed by atoms with E-state index in [0.717, 1.165) is 44.8 Å². The molecule has 3 heterocycles. The number of rotatable bonds is 7. The van der Waals surface area contributed by atoms with E-state index in [1.54, 1.807) is 6.07 Å². The summed E-state index contributed by atoms with van der Waals surface area (Å²) in [5.74, 6) is 1.17. The zero-order chi connectivity index (χ0) is 18.9. The Labute approximate surface area is 163 Å². The molecule has 2 aromatic heterocycles. The molecule has 2 aliphatic rings. The van der Waals surface area contributed by atoms with Gasteiger partial charge in [-0.1, -0.05) is 35.5 Å². The van der Waals surface area contributed by atoms with Crippen LogP contribution in [0.2, 0.25) is 0 Å². The van der Waals surface area contributed by atoms with Crippen molar-refractivity contribution >= 4 is 5.91 Å². The van der Waals surface area contributed by atoms with Crippen LogP contribution in [0.15, 0.2) is 53.3 Å². The average Bonchev–Trinajstić information content (AvgIpc) is 3.23. The van der Waals surface area contributed by atoms with Gasteiger partial charge >= 0.3 is 0 Å². The maximum absolute atomic E-state index is 12.3. The number of aromatic nitrogens is 3. The van der Waals surface area contributed by atoms with E-state index in [4.69, 9.17) is 4.52 Å². The molecule has 5 rings (SSSR count). The highest BCUT2D eigenvalue weighted by atomic mass is 16.5. The average molecular weight is 377 g/mol. The van der Waals surface area contributed by atoms with Crippen LogP contribution in [0.1, 0.15) is 46.1 Å². The highest BCUT2D eigenvalue weighted by Crippen LogP contribution is 2.40. The molecule has 0 unspecified atom stereocenters. The minimum Gasteiger partial charge on any atom is -0.360 e. The maximum Gasteiger partial charge on any atom is 0.273 e. The lowest BCUT2D eigenvalue weighted by atomic mass is 10.1. The van der Waals surface area contributed by atoms with Crippen molar-refractivity contribution < 1.29 is 9.32 Å². The number of likely N-dealkylation sites (tertiary alicyclic amines) is 1. The molecule has 0 bridgehead atoms. The van der Waals surface area contributed by atoms with Crippen molar-refractivity contribution in [2.24, 2.45) is 0 Å². The van der Waals surface area contributed by atoms with Crippen molar-refractivity contribution in [2.75, 3.05) is 13.1 Å². The van der Waals surface area contributed by atoms with Crippen LogP contribution in [-0.2, 0) is 13.1 Å². The molecular weight excluding hydrogens is 354 g/mol. The molecule has 1 saturated carbocycles. The van der Waals surface area contributed by atoms with Gasteiger partial charge in [0.2, 0.25) is 0 Å². The molecule has 1 saturated heterocycles. The first-order valence-electron chi connectivity index (χ1n) is 9.78. The van der Waals surface area contributed by atoms with Gasteiger partial charge in [0, 0.05) is 43.4 Å². The van der Waals surface area contributed by atoms with Gasteiger partial charge in [-0.15, -0.1) is 0 Å². The zero-order valence-electron chi connectivity index (χ0n) is 15.6. The quantitative estimate of drug-likeness (QED) is 0.684. The Balaban J connectivity index is 1.08. The molecule has 1 amide bonds. The predicted molar refractivity (Wildman–Crippen MR) is 103 cm³/mol. The predicted octanol–water partition coefficient (Wildman–Crippen LogP) is 2.41.